The minimum Gasteiger partial charge on any atom is -0.423 e. The highest BCUT2D eigenvalue weighted by Crippen LogP contribution is 2.20. The lowest BCUT2D eigenvalue weighted by molar-refractivity contribution is 0.422. The van der Waals surface area contributed by atoms with Gasteiger partial charge in [0.1, 0.15) is 5.82 Å². The number of halogens is 2. The lowest BCUT2D eigenvalue weighted by Gasteiger charge is -2.12. The zero-order valence-electron chi connectivity index (χ0n) is 7.96. The topological polar surface area (TPSA) is 40.5 Å². The summed E-state index contributed by atoms with van der Waals surface area (Å²) in [5.41, 5.74) is 0.382. The average molecular weight is 261 g/mol. The largest absolute Gasteiger partial charge is 0.492 e. The Bertz CT molecular complexity index is 342. The van der Waals surface area contributed by atoms with Crippen LogP contribution in [0.2, 0.25) is 0 Å². The molecule has 0 atom stereocenters. The van der Waals surface area contributed by atoms with Crippen molar-refractivity contribution in [3.63, 3.8) is 0 Å². The molecule has 1 aromatic carbocycles. The first-order chi connectivity index (χ1) is 6.45. The maximum Gasteiger partial charge on any atom is 0.492 e. The molecule has 0 aromatic heterocycles. The third kappa shape index (κ3) is 2.16. The van der Waals surface area contributed by atoms with Gasteiger partial charge in [-0.05, 0) is 17.5 Å². The van der Waals surface area contributed by atoms with Crippen LogP contribution in [0.4, 0.5) is 4.39 Å². The second kappa shape index (κ2) is 4.42. The van der Waals surface area contributed by atoms with Gasteiger partial charge in [-0.2, -0.15) is 0 Å². The van der Waals surface area contributed by atoms with Crippen LogP contribution in [-0.4, -0.2) is 17.2 Å². The molecule has 0 aliphatic carbocycles. The normalized spacial score (nSPS) is 10.8. The first-order valence-corrected chi connectivity index (χ1v) is 5.08. The van der Waals surface area contributed by atoms with Gasteiger partial charge in [0.25, 0.3) is 0 Å². The minimum absolute atomic E-state index is 0.0144. The molecule has 0 aliphatic rings. The Morgan fingerprint density at radius 2 is 1.93 bits per heavy atom. The van der Waals surface area contributed by atoms with Gasteiger partial charge in [0.05, 0.1) is 0 Å². The molecule has 5 heteroatoms. The number of benzene rings is 1. The van der Waals surface area contributed by atoms with E-state index in [-0.39, 0.29) is 11.4 Å². The summed E-state index contributed by atoms with van der Waals surface area (Å²) in [7, 11) is -1.79. The van der Waals surface area contributed by atoms with Crippen molar-refractivity contribution in [1.82, 2.24) is 0 Å². The van der Waals surface area contributed by atoms with Gasteiger partial charge < -0.3 is 10.0 Å². The van der Waals surface area contributed by atoms with Crippen molar-refractivity contribution >= 4 is 28.5 Å². The van der Waals surface area contributed by atoms with Crippen molar-refractivity contribution in [2.75, 3.05) is 0 Å². The van der Waals surface area contributed by atoms with Crippen LogP contribution in [0.5, 0.6) is 0 Å². The van der Waals surface area contributed by atoms with E-state index in [2.05, 4.69) is 15.9 Å². The van der Waals surface area contributed by atoms with Crippen LogP contribution in [-0.2, 0) is 0 Å². The van der Waals surface area contributed by atoms with Gasteiger partial charge in [-0.3, -0.25) is 0 Å². The molecule has 2 nitrogen and oxygen atoms in total. The first kappa shape index (κ1) is 11.7. The Kier molecular flexibility index (Phi) is 3.69. The van der Waals surface area contributed by atoms with Crippen LogP contribution in [0, 0.1) is 5.82 Å². The summed E-state index contributed by atoms with van der Waals surface area (Å²) >= 11 is 3.07. The summed E-state index contributed by atoms with van der Waals surface area (Å²) in [5.74, 6) is -0.537. The molecule has 0 saturated heterocycles. The fourth-order valence-electron chi connectivity index (χ4n) is 1.27. The first-order valence-electron chi connectivity index (χ1n) is 4.29. The quantitative estimate of drug-likeness (QED) is 0.790. The van der Waals surface area contributed by atoms with E-state index in [0.29, 0.717) is 10.0 Å². The molecule has 0 radical (unpaired) electrons. The molecule has 0 unspecified atom stereocenters. The third-order valence-corrected chi connectivity index (χ3v) is 2.73. The van der Waals surface area contributed by atoms with Crippen LogP contribution in [0.3, 0.4) is 0 Å². The molecule has 0 saturated carbocycles. The van der Waals surface area contributed by atoms with E-state index in [1.807, 2.05) is 13.8 Å². The highest BCUT2D eigenvalue weighted by molar-refractivity contribution is 9.10. The van der Waals surface area contributed by atoms with Gasteiger partial charge in [0.15, 0.2) is 0 Å². The average Bonchev–Trinajstić information content (AvgIpc) is 2.02. The highest BCUT2D eigenvalue weighted by Gasteiger charge is 2.23. The van der Waals surface area contributed by atoms with Crippen molar-refractivity contribution in [2.24, 2.45) is 0 Å². The van der Waals surface area contributed by atoms with Gasteiger partial charge in [-0.15, -0.1) is 0 Å². The van der Waals surface area contributed by atoms with E-state index in [0.717, 1.165) is 0 Å². The monoisotopic (exact) mass is 260 g/mol. The molecular weight excluding hydrogens is 250 g/mol. The second-order valence-electron chi connectivity index (χ2n) is 3.39. The maximum absolute atomic E-state index is 13.7. The van der Waals surface area contributed by atoms with Crippen molar-refractivity contribution in [3.05, 3.63) is 28.0 Å². The molecule has 0 fully saturated rings. The molecule has 1 aromatic rings. The zero-order chi connectivity index (χ0) is 10.9. The van der Waals surface area contributed by atoms with Gasteiger partial charge in [-0.25, -0.2) is 4.39 Å². The highest BCUT2D eigenvalue weighted by atomic mass is 79.9. The number of hydrogen-bond acceptors (Lipinski definition) is 2. The van der Waals surface area contributed by atoms with Crippen LogP contribution in [0.25, 0.3) is 0 Å². The molecule has 0 amide bonds. The van der Waals surface area contributed by atoms with E-state index in [1.54, 1.807) is 12.1 Å². The standard InChI is InChI=1S/C9H11BBrFO2/c1-5(2)6-3-4-7(11)8(9(6)12)10(13)14/h3-5,13-14H,1-2H3. The molecule has 0 heterocycles. The Morgan fingerprint density at radius 1 is 1.36 bits per heavy atom. The SMILES string of the molecule is CC(C)c1ccc(Br)c(B(O)O)c1F. The molecule has 0 bridgehead atoms. The number of rotatable bonds is 2. The second-order valence-corrected chi connectivity index (χ2v) is 4.25. The predicted molar refractivity (Wildman–Crippen MR) is 58.0 cm³/mol. The van der Waals surface area contributed by atoms with E-state index < -0.39 is 12.9 Å². The van der Waals surface area contributed by atoms with Crippen LogP contribution in [0.1, 0.15) is 25.3 Å². The summed E-state index contributed by atoms with van der Waals surface area (Å²) in [6.07, 6.45) is 0. The van der Waals surface area contributed by atoms with E-state index in [1.165, 1.54) is 0 Å². The molecule has 1 rings (SSSR count). The fourth-order valence-corrected chi connectivity index (χ4v) is 1.78. The van der Waals surface area contributed by atoms with Crippen molar-refractivity contribution in [1.29, 1.82) is 0 Å². The Balaban J connectivity index is 3.34. The van der Waals surface area contributed by atoms with Crippen molar-refractivity contribution in [2.45, 2.75) is 19.8 Å². The van der Waals surface area contributed by atoms with Gasteiger partial charge in [-0.1, -0.05) is 35.8 Å². The summed E-state index contributed by atoms with van der Waals surface area (Å²) in [5, 5.41) is 18.0. The van der Waals surface area contributed by atoms with E-state index >= 15 is 0 Å². The molecule has 2 N–H and O–H groups in total. The lowest BCUT2D eigenvalue weighted by atomic mass is 9.78. The Morgan fingerprint density at radius 3 is 2.36 bits per heavy atom. The van der Waals surface area contributed by atoms with Crippen molar-refractivity contribution in [3.8, 4) is 0 Å². The van der Waals surface area contributed by atoms with E-state index in [4.69, 9.17) is 10.0 Å². The minimum atomic E-state index is -1.79. The number of hydrogen-bond donors (Lipinski definition) is 2. The third-order valence-electron chi connectivity index (χ3n) is 2.04. The van der Waals surface area contributed by atoms with Crippen LogP contribution >= 0.6 is 15.9 Å². The summed E-state index contributed by atoms with van der Waals surface area (Å²) < 4.78 is 14.1. The van der Waals surface area contributed by atoms with E-state index in [9.17, 15) is 4.39 Å². The van der Waals surface area contributed by atoms with Gasteiger partial charge in [0, 0.05) is 9.94 Å². The maximum atomic E-state index is 13.7. The molecule has 14 heavy (non-hydrogen) atoms. The zero-order valence-corrected chi connectivity index (χ0v) is 9.55. The summed E-state index contributed by atoms with van der Waals surface area (Å²) in [4.78, 5) is 0. The van der Waals surface area contributed by atoms with Crippen LogP contribution in [0.15, 0.2) is 16.6 Å². The predicted octanol–water partition coefficient (Wildman–Crippen LogP) is 1.39. The molecule has 0 spiro atoms. The fraction of sp³-hybridized carbons (Fsp3) is 0.333. The van der Waals surface area contributed by atoms with Gasteiger partial charge in [0.2, 0.25) is 0 Å². The summed E-state index contributed by atoms with van der Waals surface area (Å²) in [6.45, 7) is 3.69. The van der Waals surface area contributed by atoms with Crippen molar-refractivity contribution < 1.29 is 14.4 Å². The lowest BCUT2D eigenvalue weighted by Crippen LogP contribution is -2.34. The molecule has 76 valence electrons. The van der Waals surface area contributed by atoms with Crippen LogP contribution < -0.4 is 5.46 Å². The molecular formula is C9H11BBrFO2. The Hall–Kier alpha value is -0.385. The molecule has 0 aliphatic heterocycles. The summed E-state index contributed by atoms with van der Waals surface area (Å²) in [6, 6.07) is 3.25. The van der Waals surface area contributed by atoms with Gasteiger partial charge >= 0.3 is 7.12 Å². The smallest absolute Gasteiger partial charge is 0.423 e. The Labute approximate surface area is 91.0 Å².